The molecule has 1 heterocycles. The molecule has 2 rings (SSSR count). The Kier molecular flexibility index (Phi) is 4.46. The minimum atomic E-state index is -4.48. The lowest BCUT2D eigenvalue weighted by Crippen LogP contribution is -2.35. The smallest absolute Gasteiger partial charge is 0.367 e. The van der Waals surface area contributed by atoms with Crippen LogP contribution in [-0.2, 0) is 16.0 Å². The van der Waals surface area contributed by atoms with E-state index in [9.17, 15) is 21.6 Å². The van der Waals surface area contributed by atoms with Gasteiger partial charge in [-0.15, -0.1) is 0 Å². The molecule has 0 aromatic carbocycles. The highest BCUT2D eigenvalue weighted by molar-refractivity contribution is 7.91. The quantitative estimate of drug-likeness (QED) is 0.929. The van der Waals surface area contributed by atoms with Crippen molar-refractivity contribution in [3.63, 3.8) is 0 Å². The van der Waals surface area contributed by atoms with Crippen LogP contribution in [0, 0.1) is 0 Å². The van der Waals surface area contributed by atoms with Gasteiger partial charge in [0.1, 0.15) is 15.7 Å². The van der Waals surface area contributed by atoms with E-state index in [4.69, 9.17) is 0 Å². The van der Waals surface area contributed by atoms with Gasteiger partial charge in [0.25, 0.3) is 0 Å². The number of nitrogens with one attached hydrogen (secondary N) is 1. The Hall–Kier alpha value is -1.31. The van der Waals surface area contributed by atoms with Gasteiger partial charge >= 0.3 is 6.18 Å². The van der Waals surface area contributed by atoms with Gasteiger partial charge in [0.15, 0.2) is 0 Å². The van der Waals surface area contributed by atoms with E-state index in [0.717, 1.165) is 6.07 Å². The highest BCUT2D eigenvalue weighted by Gasteiger charge is 2.35. The number of pyridine rings is 1. The third-order valence-corrected chi connectivity index (χ3v) is 5.32. The zero-order valence-corrected chi connectivity index (χ0v) is 12.3. The lowest BCUT2D eigenvalue weighted by molar-refractivity contribution is -0.137. The van der Waals surface area contributed by atoms with Gasteiger partial charge in [0.05, 0.1) is 10.8 Å². The van der Waals surface area contributed by atoms with Gasteiger partial charge in [0.2, 0.25) is 0 Å². The summed E-state index contributed by atoms with van der Waals surface area (Å²) in [6, 6.07) is 1.88. The molecule has 0 amide bonds. The van der Waals surface area contributed by atoms with E-state index in [0.29, 0.717) is 25.7 Å². The maximum Gasteiger partial charge on any atom is 0.419 e. The Balaban J connectivity index is 2.16. The molecular formula is C13H17F3N2O2S. The normalized spacial score (nSPS) is 23.8. The molecule has 0 aliphatic heterocycles. The molecule has 1 aromatic heterocycles. The monoisotopic (exact) mass is 322 g/mol. The first-order chi connectivity index (χ1) is 9.68. The summed E-state index contributed by atoms with van der Waals surface area (Å²) in [6.45, 7) is 0. The molecule has 8 heteroatoms. The summed E-state index contributed by atoms with van der Waals surface area (Å²) in [5.41, 5.74) is -0.827. The van der Waals surface area contributed by atoms with Crippen LogP contribution in [-0.4, -0.2) is 30.9 Å². The maximum absolute atomic E-state index is 12.9. The molecule has 0 bridgehead atoms. The molecule has 2 atom stereocenters. The molecule has 4 nitrogen and oxygen atoms in total. The summed E-state index contributed by atoms with van der Waals surface area (Å²) in [4.78, 5) is 3.75. The van der Waals surface area contributed by atoms with E-state index in [-0.39, 0.29) is 11.9 Å². The van der Waals surface area contributed by atoms with Crippen LogP contribution >= 0.6 is 0 Å². The van der Waals surface area contributed by atoms with Crippen molar-refractivity contribution in [3.05, 3.63) is 23.9 Å². The molecule has 1 N–H and O–H groups in total. The Labute approximate surface area is 121 Å². The predicted octanol–water partition coefficient (Wildman–Crippen LogP) is 2.87. The zero-order chi connectivity index (χ0) is 15.7. The van der Waals surface area contributed by atoms with E-state index >= 15 is 0 Å². The van der Waals surface area contributed by atoms with Crippen LogP contribution in [0.5, 0.6) is 0 Å². The molecule has 1 fully saturated rings. The molecule has 1 aliphatic rings. The molecule has 0 radical (unpaired) electrons. The second kappa shape index (κ2) is 5.82. The molecule has 1 saturated carbocycles. The van der Waals surface area contributed by atoms with Gasteiger partial charge in [-0.1, -0.05) is 6.42 Å². The highest BCUT2D eigenvalue weighted by Crippen LogP contribution is 2.35. The molecule has 1 aromatic rings. The van der Waals surface area contributed by atoms with Crippen molar-refractivity contribution in [2.75, 3.05) is 11.6 Å². The number of hydrogen-bond donors (Lipinski definition) is 1. The highest BCUT2D eigenvalue weighted by atomic mass is 32.2. The van der Waals surface area contributed by atoms with E-state index < -0.39 is 26.8 Å². The number of anilines is 1. The molecular weight excluding hydrogens is 305 g/mol. The van der Waals surface area contributed by atoms with Crippen molar-refractivity contribution in [1.82, 2.24) is 4.98 Å². The summed E-state index contributed by atoms with van der Waals surface area (Å²) in [6.07, 6.45) is 0.152. The number of halogens is 3. The van der Waals surface area contributed by atoms with Crippen LogP contribution in [0.2, 0.25) is 0 Å². The molecule has 1 aliphatic carbocycles. The van der Waals surface area contributed by atoms with Crippen LogP contribution in [0.1, 0.15) is 31.2 Å². The molecule has 0 saturated heterocycles. The fraction of sp³-hybridized carbons (Fsp3) is 0.615. The number of hydrogen-bond acceptors (Lipinski definition) is 4. The fourth-order valence-electron chi connectivity index (χ4n) is 2.61. The third kappa shape index (κ3) is 4.09. The van der Waals surface area contributed by atoms with Crippen molar-refractivity contribution in [2.24, 2.45) is 0 Å². The van der Waals surface area contributed by atoms with Gasteiger partial charge in [-0.25, -0.2) is 13.4 Å². The van der Waals surface area contributed by atoms with Gasteiger partial charge in [-0.2, -0.15) is 13.2 Å². The Morgan fingerprint density at radius 1 is 1.33 bits per heavy atom. The summed E-state index contributed by atoms with van der Waals surface area (Å²) in [5, 5.41) is 2.26. The minimum Gasteiger partial charge on any atom is -0.367 e. The number of nitrogens with zero attached hydrogens (tertiary/aromatic N) is 1. The van der Waals surface area contributed by atoms with Crippen LogP contribution in [0.25, 0.3) is 0 Å². The van der Waals surface area contributed by atoms with E-state index in [1.165, 1.54) is 18.5 Å². The number of aromatic nitrogens is 1. The van der Waals surface area contributed by atoms with Crippen molar-refractivity contribution < 1.29 is 21.6 Å². The predicted molar refractivity (Wildman–Crippen MR) is 73.7 cm³/mol. The first kappa shape index (κ1) is 16.1. The number of rotatable bonds is 3. The van der Waals surface area contributed by atoms with Gasteiger partial charge in [-0.05, 0) is 31.4 Å². The summed E-state index contributed by atoms with van der Waals surface area (Å²) >= 11 is 0. The second-order valence-electron chi connectivity index (χ2n) is 5.36. The van der Waals surface area contributed by atoms with Gasteiger partial charge in [0, 0.05) is 18.5 Å². The Morgan fingerprint density at radius 3 is 2.67 bits per heavy atom. The largest absolute Gasteiger partial charge is 0.419 e. The van der Waals surface area contributed by atoms with Gasteiger partial charge in [-0.3, -0.25) is 0 Å². The third-order valence-electron chi connectivity index (χ3n) is 3.69. The summed E-state index contributed by atoms with van der Waals surface area (Å²) in [5.74, 6) is -0.232. The fourth-order valence-corrected chi connectivity index (χ4v) is 3.78. The van der Waals surface area contributed by atoms with Crippen molar-refractivity contribution in [1.29, 1.82) is 0 Å². The number of sulfone groups is 1. The van der Waals surface area contributed by atoms with Crippen molar-refractivity contribution in [3.8, 4) is 0 Å². The van der Waals surface area contributed by atoms with Crippen molar-refractivity contribution >= 4 is 15.7 Å². The van der Waals surface area contributed by atoms with Crippen LogP contribution in [0.15, 0.2) is 18.3 Å². The molecule has 2 unspecified atom stereocenters. The zero-order valence-electron chi connectivity index (χ0n) is 11.5. The van der Waals surface area contributed by atoms with Gasteiger partial charge < -0.3 is 5.32 Å². The molecule has 21 heavy (non-hydrogen) atoms. The van der Waals surface area contributed by atoms with E-state index in [1.807, 2.05) is 0 Å². The maximum atomic E-state index is 12.9. The van der Waals surface area contributed by atoms with Crippen LogP contribution < -0.4 is 5.32 Å². The second-order valence-corrected chi connectivity index (χ2v) is 7.68. The standard InChI is InChI=1S/C13H17F3N2O2S/c1-21(19,20)10-5-2-4-9(8-10)18-12-11(13(14,15)16)6-3-7-17-12/h3,6-7,9-10H,2,4-5,8H2,1H3,(H,17,18). The SMILES string of the molecule is CS(=O)(=O)C1CCCC(Nc2ncccc2C(F)(F)F)C1. The lowest BCUT2D eigenvalue weighted by Gasteiger charge is -2.29. The lowest BCUT2D eigenvalue weighted by atomic mass is 9.95. The summed E-state index contributed by atoms with van der Waals surface area (Å²) in [7, 11) is -3.17. The van der Waals surface area contributed by atoms with E-state index in [2.05, 4.69) is 10.3 Å². The molecule has 118 valence electrons. The van der Waals surface area contributed by atoms with Crippen LogP contribution in [0.4, 0.5) is 19.0 Å². The van der Waals surface area contributed by atoms with Crippen LogP contribution in [0.3, 0.4) is 0 Å². The van der Waals surface area contributed by atoms with E-state index in [1.54, 1.807) is 0 Å². The van der Waals surface area contributed by atoms with Crippen molar-refractivity contribution in [2.45, 2.75) is 43.2 Å². The average Bonchev–Trinajstić information content (AvgIpc) is 2.37. The Bertz CT molecular complexity index is 602. The molecule has 0 spiro atoms. The number of alkyl halides is 3. The minimum absolute atomic E-state index is 0.232. The Morgan fingerprint density at radius 2 is 2.05 bits per heavy atom. The topological polar surface area (TPSA) is 59.1 Å². The average molecular weight is 322 g/mol. The first-order valence-corrected chi connectivity index (χ1v) is 8.61. The summed E-state index contributed by atoms with van der Waals surface area (Å²) < 4.78 is 61.9. The first-order valence-electron chi connectivity index (χ1n) is 6.65.